The van der Waals surface area contributed by atoms with Crippen LogP contribution in [0.2, 0.25) is 5.02 Å². The minimum Gasteiger partial charge on any atom is -0.481 e. The van der Waals surface area contributed by atoms with Crippen molar-refractivity contribution in [3.63, 3.8) is 0 Å². The zero-order valence-corrected chi connectivity index (χ0v) is 20.3. The molecular formula is C21H17ClFNO6S3. The van der Waals surface area contributed by atoms with Crippen molar-refractivity contribution in [2.75, 3.05) is 6.54 Å². The van der Waals surface area contributed by atoms with Gasteiger partial charge in [0.1, 0.15) is 15.0 Å². The van der Waals surface area contributed by atoms with Gasteiger partial charge in [0, 0.05) is 18.5 Å². The van der Waals surface area contributed by atoms with E-state index in [-0.39, 0.29) is 49.8 Å². The molecule has 0 bridgehead atoms. The Kier molecular flexibility index (Phi) is 7.78. The second-order valence-corrected chi connectivity index (χ2v) is 10.6. The van der Waals surface area contributed by atoms with Crippen molar-refractivity contribution in [2.24, 2.45) is 0 Å². The number of aryl methyl sites for hydroxylation is 1. The number of thiocarbonyl (C=S) groups is 1. The standard InChI is InChI=1S/C21H17ClFNO6S3/c1-12-4-6-15(7-5-12)33(28,29)30-19-13(9-14(23)11-16(19)22)10-17-20(27)24(21(31)32-17)8-2-3-18(25)26/h4-7,9-11H,2-3,8H2,1H3,(H,25,26)/b17-10-. The summed E-state index contributed by atoms with van der Waals surface area (Å²) in [4.78, 5) is 24.7. The van der Waals surface area contributed by atoms with Gasteiger partial charge in [-0.1, -0.05) is 53.3 Å². The van der Waals surface area contributed by atoms with Crippen LogP contribution in [-0.4, -0.2) is 41.2 Å². The average Bonchev–Trinajstić information content (AvgIpc) is 2.98. The van der Waals surface area contributed by atoms with Crippen molar-refractivity contribution >= 4 is 68.0 Å². The predicted octanol–water partition coefficient (Wildman–Crippen LogP) is 4.62. The van der Waals surface area contributed by atoms with Gasteiger partial charge in [-0.25, -0.2) is 4.39 Å². The second kappa shape index (κ2) is 10.2. The van der Waals surface area contributed by atoms with E-state index < -0.39 is 27.8 Å². The van der Waals surface area contributed by atoms with Crippen LogP contribution in [0.5, 0.6) is 5.75 Å². The zero-order chi connectivity index (χ0) is 24.3. The molecule has 33 heavy (non-hydrogen) atoms. The highest BCUT2D eigenvalue weighted by Crippen LogP contribution is 2.38. The van der Waals surface area contributed by atoms with E-state index in [1.165, 1.54) is 23.1 Å². The van der Waals surface area contributed by atoms with Crippen molar-refractivity contribution in [1.29, 1.82) is 0 Å². The first-order valence-electron chi connectivity index (χ1n) is 9.45. The maximum Gasteiger partial charge on any atom is 0.339 e. The molecule has 1 amide bonds. The van der Waals surface area contributed by atoms with Gasteiger partial charge in [0.25, 0.3) is 5.91 Å². The first-order valence-corrected chi connectivity index (χ1v) is 12.5. The number of nitrogens with zero attached hydrogens (tertiary/aromatic N) is 1. The lowest BCUT2D eigenvalue weighted by Gasteiger charge is -2.13. The normalized spacial score (nSPS) is 15.4. The van der Waals surface area contributed by atoms with Crippen LogP contribution in [0.25, 0.3) is 6.08 Å². The summed E-state index contributed by atoms with van der Waals surface area (Å²) >= 11 is 12.2. The summed E-state index contributed by atoms with van der Waals surface area (Å²) in [5.41, 5.74) is 0.779. The number of carbonyl (C=O) groups is 2. The lowest BCUT2D eigenvalue weighted by atomic mass is 10.1. The summed E-state index contributed by atoms with van der Waals surface area (Å²) in [5.74, 6) is -2.61. The molecule has 0 aromatic heterocycles. The highest BCUT2D eigenvalue weighted by Gasteiger charge is 2.32. The van der Waals surface area contributed by atoms with Crippen LogP contribution in [0.15, 0.2) is 46.2 Å². The smallest absolute Gasteiger partial charge is 0.339 e. The van der Waals surface area contributed by atoms with E-state index in [0.29, 0.717) is 0 Å². The van der Waals surface area contributed by atoms with E-state index >= 15 is 0 Å². The topological polar surface area (TPSA) is 101 Å². The van der Waals surface area contributed by atoms with Crippen molar-refractivity contribution in [1.82, 2.24) is 4.90 Å². The van der Waals surface area contributed by atoms with E-state index in [9.17, 15) is 22.4 Å². The molecule has 0 unspecified atom stereocenters. The summed E-state index contributed by atoms with van der Waals surface area (Å²) in [6, 6.07) is 7.81. The lowest BCUT2D eigenvalue weighted by molar-refractivity contribution is -0.137. The van der Waals surface area contributed by atoms with Gasteiger partial charge in [-0.05, 0) is 43.7 Å². The summed E-state index contributed by atoms with van der Waals surface area (Å²) in [7, 11) is -4.30. The molecule has 0 radical (unpaired) electrons. The van der Waals surface area contributed by atoms with Gasteiger partial charge in [0.2, 0.25) is 0 Å². The molecule has 1 aliphatic heterocycles. The molecule has 1 N–H and O–H groups in total. The molecule has 3 rings (SSSR count). The molecule has 2 aromatic rings. The van der Waals surface area contributed by atoms with Crippen molar-refractivity contribution in [3.05, 3.63) is 63.3 Å². The summed E-state index contributed by atoms with van der Waals surface area (Å²) in [6.07, 6.45) is 1.31. The van der Waals surface area contributed by atoms with Gasteiger partial charge in [-0.3, -0.25) is 14.5 Å². The first kappa shape index (κ1) is 25.2. The molecule has 0 atom stereocenters. The molecule has 12 heteroatoms. The highest BCUT2D eigenvalue weighted by molar-refractivity contribution is 8.26. The number of amides is 1. The number of aliphatic carboxylic acids is 1. The van der Waals surface area contributed by atoms with Crippen molar-refractivity contribution < 1.29 is 31.7 Å². The number of hydrogen-bond donors (Lipinski definition) is 1. The third-order valence-electron chi connectivity index (χ3n) is 4.47. The number of halogens is 2. The molecule has 1 aliphatic rings. The predicted molar refractivity (Wildman–Crippen MR) is 127 cm³/mol. The average molecular weight is 530 g/mol. The van der Waals surface area contributed by atoms with Crippen LogP contribution in [-0.2, 0) is 19.7 Å². The molecule has 1 fully saturated rings. The fourth-order valence-electron chi connectivity index (χ4n) is 2.86. The van der Waals surface area contributed by atoms with Gasteiger partial charge < -0.3 is 9.29 Å². The lowest BCUT2D eigenvalue weighted by Crippen LogP contribution is -2.29. The van der Waals surface area contributed by atoms with E-state index in [1.54, 1.807) is 19.1 Å². The number of carboxylic acids is 1. The fourth-order valence-corrected chi connectivity index (χ4v) is 5.43. The van der Waals surface area contributed by atoms with Gasteiger partial charge in [-0.15, -0.1) is 0 Å². The Balaban J connectivity index is 1.93. The van der Waals surface area contributed by atoms with Crippen molar-refractivity contribution in [2.45, 2.75) is 24.7 Å². The quantitative estimate of drug-likeness (QED) is 0.300. The molecule has 0 spiro atoms. The van der Waals surface area contributed by atoms with Gasteiger partial charge in [-0.2, -0.15) is 8.42 Å². The summed E-state index contributed by atoms with van der Waals surface area (Å²) in [6.45, 7) is 1.90. The number of thioether (sulfide) groups is 1. The number of carbonyl (C=O) groups excluding carboxylic acids is 1. The number of rotatable bonds is 8. The molecule has 0 saturated carbocycles. The Morgan fingerprint density at radius 2 is 1.97 bits per heavy atom. The van der Waals surface area contributed by atoms with E-state index in [1.807, 2.05) is 0 Å². The number of hydrogen-bond acceptors (Lipinski definition) is 7. The maximum atomic E-state index is 14.1. The van der Waals surface area contributed by atoms with Crippen LogP contribution < -0.4 is 4.18 Å². The van der Waals surface area contributed by atoms with Gasteiger partial charge in [0.05, 0.1) is 9.93 Å². The van der Waals surface area contributed by atoms with E-state index in [2.05, 4.69) is 0 Å². The van der Waals surface area contributed by atoms with Crippen LogP contribution in [0.1, 0.15) is 24.0 Å². The highest BCUT2D eigenvalue weighted by atomic mass is 35.5. The Labute approximate surface area is 204 Å². The van der Waals surface area contributed by atoms with Crippen molar-refractivity contribution in [3.8, 4) is 5.75 Å². The van der Waals surface area contributed by atoms with Gasteiger partial charge >= 0.3 is 16.1 Å². The van der Waals surface area contributed by atoms with Crippen LogP contribution in [0.4, 0.5) is 4.39 Å². The largest absolute Gasteiger partial charge is 0.481 e. The van der Waals surface area contributed by atoms with Crippen LogP contribution >= 0.6 is 35.6 Å². The monoisotopic (exact) mass is 529 g/mol. The van der Waals surface area contributed by atoms with Crippen LogP contribution in [0, 0.1) is 12.7 Å². The maximum absolute atomic E-state index is 14.1. The number of benzene rings is 2. The Morgan fingerprint density at radius 3 is 2.61 bits per heavy atom. The SMILES string of the molecule is Cc1ccc(S(=O)(=O)Oc2c(Cl)cc(F)cc2/C=C2\SC(=S)N(CCCC(=O)O)C2=O)cc1. The summed E-state index contributed by atoms with van der Waals surface area (Å²) < 4.78 is 45.0. The zero-order valence-electron chi connectivity index (χ0n) is 17.1. The molecule has 7 nitrogen and oxygen atoms in total. The second-order valence-electron chi connectivity index (χ2n) is 6.99. The Hall–Kier alpha value is -2.47. The van der Waals surface area contributed by atoms with Crippen LogP contribution in [0.3, 0.4) is 0 Å². The first-order chi connectivity index (χ1) is 15.5. The van der Waals surface area contributed by atoms with E-state index in [4.69, 9.17) is 33.1 Å². The van der Waals surface area contributed by atoms with E-state index in [0.717, 1.165) is 29.5 Å². The minimum absolute atomic E-state index is 0.0678. The molecule has 2 aromatic carbocycles. The Bertz CT molecular complexity index is 1260. The summed E-state index contributed by atoms with van der Waals surface area (Å²) in [5, 5.41) is 8.48. The fraction of sp³-hybridized carbons (Fsp3) is 0.190. The van der Waals surface area contributed by atoms with Gasteiger partial charge in [0.15, 0.2) is 5.75 Å². The third kappa shape index (κ3) is 6.11. The third-order valence-corrected chi connectivity index (χ3v) is 7.37. The molecule has 1 heterocycles. The minimum atomic E-state index is -4.30. The molecular weight excluding hydrogens is 513 g/mol. The molecule has 174 valence electrons. The number of carboxylic acid groups (broad SMARTS) is 1. The Morgan fingerprint density at radius 1 is 1.30 bits per heavy atom. The molecule has 0 aliphatic carbocycles. The molecule has 1 saturated heterocycles.